The van der Waals surface area contributed by atoms with Gasteiger partial charge in [-0.15, -0.1) is 14.1 Å². The monoisotopic (exact) mass is 348 g/mol. The van der Waals surface area contributed by atoms with Gasteiger partial charge in [-0.25, -0.2) is 9.37 Å². The van der Waals surface area contributed by atoms with Crippen LogP contribution in [0.25, 0.3) is 11.0 Å². The van der Waals surface area contributed by atoms with Gasteiger partial charge in [-0.2, -0.15) is 19.6 Å². The van der Waals surface area contributed by atoms with Crippen molar-refractivity contribution in [1.29, 1.82) is 0 Å². The molecule has 1 aliphatic carbocycles. The Balaban J connectivity index is 1.72. The number of fused-ring (bicyclic) bond motifs is 1. The Kier molecular flexibility index (Phi) is 5.40. The van der Waals surface area contributed by atoms with Gasteiger partial charge in [-0.3, -0.25) is 0 Å². The highest BCUT2D eigenvalue weighted by Gasteiger charge is 2.21. The van der Waals surface area contributed by atoms with Gasteiger partial charge in [0.1, 0.15) is 18.2 Å². The van der Waals surface area contributed by atoms with Crippen molar-refractivity contribution >= 4 is 19.1 Å². The van der Waals surface area contributed by atoms with Crippen molar-refractivity contribution in [2.75, 3.05) is 6.61 Å². The van der Waals surface area contributed by atoms with Gasteiger partial charge >= 0.3 is 0 Å². The van der Waals surface area contributed by atoms with Gasteiger partial charge in [-0.05, 0) is 24.8 Å². The summed E-state index contributed by atoms with van der Waals surface area (Å²) in [5.74, 6) is 0.264. The fraction of sp³-hybridized carbons (Fsp3) is 0.632. The van der Waals surface area contributed by atoms with Gasteiger partial charge in [-0.1, -0.05) is 19.3 Å². The van der Waals surface area contributed by atoms with Gasteiger partial charge in [0.2, 0.25) is 0 Å². The topological polar surface area (TPSA) is 27.1 Å². The van der Waals surface area contributed by atoms with Gasteiger partial charge in [0.25, 0.3) is 0 Å². The first-order valence-electron chi connectivity index (χ1n) is 9.17. The molecule has 3 nitrogen and oxygen atoms in total. The summed E-state index contributed by atoms with van der Waals surface area (Å²) in [4.78, 5) is 4.56. The summed E-state index contributed by atoms with van der Waals surface area (Å²) >= 11 is 0. The Morgan fingerprint density at radius 2 is 2.00 bits per heavy atom. The first-order valence-corrected chi connectivity index (χ1v) is 12.9. The van der Waals surface area contributed by atoms with E-state index in [9.17, 15) is 4.39 Å². The molecule has 0 saturated heterocycles. The van der Waals surface area contributed by atoms with Gasteiger partial charge in [0, 0.05) is 24.6 Å². The van der Waals surface area contributed by atoms with Crippen LogP contribution in [-0.4, -0.2) is 24.2 Å². The predicted octanol–water partition coefficient (Wildman–Crippen LogP) is 5.54. The van der Waals surface area contributed by atoms with Crippen LogP contribution in [0.4, 0.5) is 4.39 Å². The Morgan fingerprint density at radius 1 is 1.25 bits per heavy atom. The van der Waals surface area contributed by atoms with E-state index >= 15 is 0 Å². The van der Waals surface area contributed by atoms with Crippen LogP contribution in [-0.2, 0) is 11.5 Å². The van der Waals surface area contributed by atoms with Crippen LogP contribution in [0, 0.1) is 5.82 Å². The van der Waals surface area contributed by atoms with Crippen molar-refractivity contribution in [3.05, 3.63) is 29.8 Å². The van der Waals surface area contributed by atoms with E-state index in [-0.39, 0.29) is 5.82 Å². The van der Waals surface area contributed by atoms with E-state index < -0.39 is 8.07 Å². The molecule has 24 heavy (non-hydrogen) atoms. The van der Waals surface area contributed by atoms with Crippen LogP contribution in [0.3, 0.4) is 0 Å². The third kappa shape index (κ3) is 4.06. The van der Waals surface area contributed by atoms with Gasteiger partial charge in [0.05, 0.1) is 5.39 Å². The summed E-state index contributed by atoms with van der Waals surface area (Å²) in [5, 5.41) is 0.631. The molecule has 133 valence electrons. The lowest BCUT2D eigenvalue weighted by atomic mass is 9.84. The SMILES string of the molecule is C[Si-](C)(C)CCOCn1ccc2c(F)c(C3CCCCC3)cnc21. The van der Waals surface area contributed by atoms with E-state index in [4.69, 9.17) is 4.74 Å². The predicted molar refractivity (Wildman–Crippen MR) is 99.6 cm³/mol. The molecule has 0 spiro atoms. The lowest BCUT2D eigenvalue weighted by Crippen LogP contribution is -2.22. The number of pyridine rings is 1. The average Bonchev–Trinajstić information content (AvgIpc) is 2.96. The summed E-state index contributed by atoms with van der Waals surface area (Å²) < 4.78 is 22.6. The molecular weight excluding hydrogens is 319 g/mol. The molecule has 2 heterocycles. The van der Waals surface area contributed by atoms with Crippen molar-refractivity contribution in [1.82, 2.24) is 9.55 Å². The summed E-state index contributed by atoms with van der Waals surface area (Å²) in [5.41, 5.74) is 1.50. The molecular formula is C19H29FN2OSi-. The van der Waals surface area contributed by atoms with Crippen LogP contribution in [0.5, 0.6) is 0 Å². The fourth-order valence-electron chi connectivity index (χ4n) is 3.47. The van der Waals surface area contributed by atoms with E-state index in [2.05, 4.69) is 24.6 Å². The third-order valence-corrected chi connectivity index (χ3v) is 6.73. The van der Waals surface area contributed by atoms with E-state index in [0.29, 0.717) is 23.7 Å². The standard InChI is InChI=1S/C19H29FN2OSi/c1-24(2,3)12-11-23-14-22-10-9-16-18(20)17(13-21-19(16)22)15-7-5-4-6-8-15/h9-10,13,15H,4-8,11-12,14H2,1-3H3/q-1. The summed E-state index contributed by atoms with van der Waals surface area (Å²) in [6, 6.07) is 2.98. The van der Waals surface area contributed by atoms with Crippen LogP contribution in [0.1, 0.15) is 43.6 Å². The highest BCUT2D eigenvalue weighted by molar-refractivity contribution is 6.76. The highest BCUT2D eigenvalue weighted by Crippen LogP contribution is 2.35. The Hall–Kier alpha value is -1.20. The number of ether oxygens (including phenoxy) is 1. The third-order valence-electron chi connectivity index (χ3n) is 5.02. The zero-order valence-corrected chi connectivity index (χ0v) is 16.1. The second kappa shape index (κ2) is 7.36. The number of rotatable bonds is 6. The smallest absolute Gasteiger partial charge is 0.144 e. The molecule has 1 fully saturated rings. The van der Waals surface area contributed by atoms with Crippen molar-refractivity contribution in [2.24, 2.45) is 0 Å². The molecule has 5 heteroatoms. The van der Waals surface area contributed by atoms with E-state index in [1.807, 2.05) is 16.8 Å². The van der Waals surface area contributed by atoms with Crippen molar-refractivity contribution in [3.63, 3.8) is 0 Å². The quantitative estimate of drug-likeness (QED) is 0.506. The molecule has 1 aliphatic rings. The largest absolute Gasteiger partial charge is 0.364 e. The van der Waals surface area contributed by atoms with E-state index in [1.54, 1.807) is 6.20 Å². The summed E-state index contributed by atoms with van der Waals surface area (Å²) in [6.45, 7) is 8.22. The maximum absolute atomic E-state index is 14.9. The van der Waals surface area contributed by atoms with Crippen molar-refractivity contribution in [3.8, 4) is 0 Å². The number of halogens is 1. The zero-order chi connectivity index (χ0) is 17.2. The number of nitrogens with zero attached hydrogens (tertiary/aromatic N) is 2. The van der Waals surface area contributed by atoms with Gasteiger partial charge in [0.15, 0.2) is 0 Å². The maximum Gasteiger partial charge on any atom is 0.144 e. The van der Waals surface area contributed by atoms with Crippen LogP contribution in [0.2, 0.25) is 25.7 Å². The first-order chi connectivity index (χ1) is 11.5. The number of hydrogen-bond donors (Lipinski definition) is 0. The van der Waals surface area contributed by atoms with E-state index in [1.165, 1.54) is 19.3 Å². The molecule has 0 bridgehead atoms. The lowest BCUT2D eigenvalue weighted by molar-refractivity contribution is 0.0899. The minimum Gasteiger partial charge on any atom is -0.364 e. The molecule has 0 aliphatic heterocycles. The summed E-state index contributed by atoms with van der Waals surface area (Å²) in [6.07, 6.45) is 9.50. The number of aromatic nitrogens is 2. The maximum atomic E-state index is 14.9. The van der Waals surface area contributed by atoms with Crippen LogP contribution in [0.15, 0.2) is 18.5 Å². The van der Waals surface area contributed by atoms with Crippen LogP contribution < -0.4 is 0 Å². The Bertz CT molecular complexity index is 686. The number of hydrogen-bond acceptors (Lipinski definition) is 2. The Morgan fingerprint density at radius 3 is 2.71 bits per heavy atom. The molecule has 0 amide bonds. The second-order valence-corrected chi connectivity index (χ2v) is 13.9. The van der Waals surface area contributed by atoms with E-state index in [0.717, 1.165) is 31.1 Å². The minimum absolute atomic E-state index is 0.0762. The van der Waals surface area contributed by atoms with Crippen LogP contribution >= 0.6 is 0 Å². The minimum atomic E-state index is -1.08. The molecule has 1 saturated carbocycles. The lowest BCUT2D eigenvalue weighted by Gasteiger charge is -2.26. The average molecular weight is 349 g/mol. The van der Waals surface area contributed by atoms with Crippen molar-refractivity contribution < 1.29 is 9.13 Å². The molecule has 0 unspecified atom stereocenters. The second-order valence-electron chi connectivity index (χ2n) is 8.23. The fourth-order valence-corrected chi connectivity index (χ4v) is 4.22. The zero-order valence-electron chi connectivity index (χ0n) is 15.1. The molecule has 0 aromatic carbocycles. The molecule has 2 aromatic rings. The Labute approximate surface area is 145 Å². The highest BCUT2D eigenvalue weighted by atomic mass is 28.3. The molecule has 3 rings (SSSR count). The first kappa shape index (κ1) is 17.6. The summed E-state index contributed by atoms with van der Waals surface area (Å²) in [7, 11) is -1.08. The molecule has 2 aromatic heterocycles. The molecule has 0 atom stereocenters. The van der Waals surface area contributed by atoms with Crippen molar-refractivity contribution in [2.45, 2.75) is 70.4 Å². The molecule has 0 N–H and O–H groups in total. The molecule has 0 radical (unpaired) electrons. The normalized spacial score (nSPS) is 16.8. The van der Waals surface area contributed by atoms with Gasteiger partial charge < -0.3 is 9.30 Å².